The van der Waals surface area contributed by atoms with E-state index in [0.29, 0.717) is 24.0 Å². The van der Waals surface area contributed by atoms with Gasteiger partial charge in [-0.1, -0.05) is 53.2 Å². The van der Waals surface area contributed by atoms with Gasteiger partial charge in [0.05, 0.1) is 0 Å². The number of aryl methyl sites for hydroxylation is 2. The Morgan fingerprint density at radius 2 is 1.85 bits per heavy atom. The molecule has 140 valence electrons. The molecule has 0 atom stereocenters. The van der Waals surface area contributed by atoms with E-state index in [-0.39, 0.29) is 19.1 Å². The van der Waals surface area contributed by atoms with Crippen molar-refractivity contribution in [3.8, 4) is 17.1 Å². The van der Waals surface area contributed by atoms with E-state index in [9.17, 15) is 4.79 Å². The van der Waals surface area contributed by atoms with Crippen LogP contribution in [0.15, 0.2) is 53.1 Å². The van der Waals surface area contributed by atoms with Crippen molar-refractivity contribution in [2.24, 2.45) is 0 Å². The molecule has 0 bridgehead atoms. The fourth-order valence-electron chi connectivity index (χ4n) is 2.63. The highest BCUT2D eigenvalue weighted by Gasteiger charge is 2.17. The van der Waals surface area contributed by atoms with E-state index in [1.54, 1.807) is 4.90 Å². The molecule has 0 fully saturated rings. The van der Waals surface area contributed by atoms with Gasteiger partial charge in [-0.2, -0.15) is 4.98 Å². The first-order valence-electron chi connectivity index (χ1n) is 8.92. The zero-order valence-corrected chi connectivity index (χ0v) is 15.8. The maximum atomic E-state index is 12.5. The molecule has 3 rings (SSSR count). The Hall–Kier alpha value is -3.15. The summed E-state index contributed by atoms with van der Waals surface area (Å²) in [6.45, 7) is 6.63. The maximum absolute atomic E-state index is 12.5. The van der Waals surface area contributed by atoms with Crippen LogP contribution in [0.25, 0.3) is 11.4 Å². The minimum atomic E-state index is -0.129. The van der Waals surface area contributed by atoms with Gasteiger partial charge in [-0.25, -0.2) is 0 Å². The van der Waals surface area contributed by atoms with Crippen LogP contribution >= 0.6 is 0 Å². The lowest BCUT2D eigenvalue weighted by molar-refractivity contribution is -0.134. The molecule has 3 aromatic rings. The summed E-state index contributed by atoms with van der Waals surface area (Å²) in [5, 5.41) is 4.01. The standard InChI is InChI=1S/C21H23N3O3/c1-4-24(20(25)14-26-18-8-6-5-7-16(18)3)13-19-22-21(23-27-19)17-11-9-15(2)10-12-17/h5-12H,4,13-14H2,1-3H3. The number of amides is 1. The number of hydrogen-bond acceptors (Lipinski definition) is 5. The zero-order valence-electron chi connectivity index (χ0n) is 15.8. The highest BCUT2D eigenvalue weighted by molar-refractivity contribution is 5.77. The number of para-hydroxylation sites is 1. The predicted molar refractivity (Wildman–Crippen MR) is 102 cm³/mol. The lowest BCUT2D eigenvalue weighted by Crippen LogP contribution is -2.34. The molecule has 0 saturated heterocycles. The van der Waals surface area contributed by atoms with Gasteiger partial charge < -0.3 is 14.2 Å². The second-order valence-corrected chi connectivity index (χ2v) is 6.34. The molecule has 1 heterocycles. The summed E-state index contributed by atoms with van der Waals surface area (Å²) in [4.78, 5) is 18.5. The van der Waals surface area contributed by atoms with E-state index in [0.717, 1.165) is 11.1 Å². The number of likely N-dealkylation sites (N-methyl/N-ethyl adjacent to an activating group) is 1. The fraction of sp³-hybridized carbons (Fsp3) is 0.286. The first-order valence-corrected chi connectivity index (χ1v) is 8.92. The smallest absolute Gasteiger partial charge is 0.260 e. The number of hydrogen-bond donors (Lipinski definition) is 0. The second-order valence-electron chi connectivity index (χ2n) is 6.34. The fourth-order valence-corrected chi connectivity index (χ4v) is 2.63. The van der Waals surface area contributed by atoms with Crippen LogP contribution in [0.1, 0.15) is 23.9 Å². The molecule has 6 nitrogen and oxygen atoms in total. The Balaban J connectivity index is 1.62. The van der Waals surface area contributed by atoms with Gasteiger partial charge >= 0.3 is 0 Å². The molecule has 0 saturated carbocycles. The molecule has 2 aromatic carbocycles. The molecule has 6 heteroatoms. The van der Waals surface area contributed by atoms with Crippen molar-refractivity contribution in [3.05, 3.63) is 65.5 Å². The molecule has 0 spiro atoms. The van der Waals surface area contributed by atoms with E-state index in [4.69, 9.17) is 9.26 Å². The number of ether oxygens (including phenoxy) is 1. The van der Waals surface area contributed by atoms with Gasteiger partial charge in [0.2, 0.25) is 11.7 Å². The third-order valence-corrected chi connectivity index (χ3v) is 4.28. The molecular weight excluding hydrogens is 342 g/mol. The predicted octanol–water partition coefficient (Wildman–Crippen LogP) is 3.78. The van der Waals surface area contributed by atoms with Crippen molar-refractivity contribution < 1.29 is 14.1 Å². The Bertz CT molecular complexity index is 903. The summed E-state index contributed by atoms with van der Waals surface area (Å²) >= 11 is 0. The first kappa shape index (κ1) is 18.6. The van der Waals surface area contributed by atoms with E-state index in [2.05, 4.69) is 10.1 Å². The average molecular weight is 365 g/mol. The summed E-state index contributed by atoms with van der Waals surface area (Å²) < 4.78 is 11.0. The molecule has 27 heavy (non-hydrogen) atoms. The monoisotopic (exact) mass is 365 g/mol. The van der Waals surface area contributed by atoms with Gasteiger partial charge in [0.15, 0.2) is 6.61 Å². The summed E-state index contributed by atoms with van der Waals surface area (Å²) in [6.07, 6.45) is 0. The summed E-state index contributed by atoms with van der Waals surface area (Å²) in [7, 11) is 0. The van der Waals surface area contributed by atoms with Gasteiger partial charge in [0.25, 0.3) is 5.91 Å². The number of carbonyl (C=O) groups is 1. The Labute approximate surface area is 158 Å². The van der Waals surface area contributed by atoms with E-state index in [1.165, 1.54) is 5.56 Å². The highest BCUT2D eigenvalue weighted by atomic mass is 16.5. The molecular formula is C21H23N3O3. The summed E-state index contributed by atoms with van der Waals surface area (Å²) in [5.41, 5.74) is 3.04. The molecule has 0 aliphatic heterocycles. The van der Waals surface area contributed by atoms with Crippen LogP contribution in [-0.4, -0.2) is 34.1 Å². The molecule has 1 aromatic heterocycles. The van der Waals surface area contributed by atoms with Crippen LogP contribution in [0.4, 0.5) is 0 Å². The van der Waals surface area contributed by atoms with Crippen molar-refractivity contribution in [2.45, 2.75) is 27.3 Å². The third kappa shape index (κ3) is 4.73. The number of aromatic nitrogens is 2. The van der Waals surface area contributed by atoms with Gasteiger partial charge in [-0.05, 0) is 32.4 Å². The van der Waals surface area contributed by atoms with E-state index < -0.39 is 0 Å². The number of nitrogens with zero attached hydrogens (tertiary/aromatic N) is 3. The van der Waals surface area contributed by atoms with Crippen LogP contribution in [0.2, 0.25) is 0 Å². The maximum Gasteiger partial charge on any atom is 0.260 e. The van der Waals surface area contributed by atoms with E-state index >= 15 is 0 Å². The van der Waals surface area contributed by atoms with Crippen molar-refractivity contribution >= 4 is 5.91 Å². The lowest BCUT2D eigenvalue weighted by atomic mass is 10.1. The van der Waals surface area contributed by atoms with Crippen LogP contribution in [0.3, 0.4) is 0 Å². The van der Waals surface area contributed by atoms with Gasteiger partial charge in [0.1, 0.15) is 12.3 Å². The Morgan fingerprint density at radius 3 is 2.56 bits per heavy atom. The van der Waals surface area contributed by atoms with E-state index in [1.807, 2.05) is 69.3 Å². The summed E-state index contributed by atoms with van der Waals surface area (Å²) in [5.74, 6) is 1.50. The second kappa shape index (κ2) is 8.49. The zero-order chi connectivity index (χ0) is 19.2. The number of rotatable bonds is 7. The third-order valence-electron chi connectivity index (χ3n) is 4.28. The highest BCUT2D eigenvalue weighted by Crippen LogP contribution is 2.18. The lowest BCUT2D eigenvalue weighted by Gasteiger charge is -2.19. The molecule has 0 unspecified atom stereocenters. The number of benzene rings is 2. The minimum Gasteiger partial charge on any atom is -0.484 e. The van der Waals surface area contributed by atoms with Crippen LogP contribution in [-0.2, 0) is 11.3 Å². The Morgan fingerprint density at radius 1 is 1.11 bits per heavy atom. The van der Waals surface area contributed by atoms with Gasteiger partial charge in [-0.3, -0.25) is 4.79 Å². The molecule has 0 N–H and O–H groups in total. The topological polar surface area (TPSA) is 68.5 Å². The molecule has 0 aliphatic carbocycles. The SMILES string of the molecule is CCN(Cc1nc(-c2ccc(C)cc2)no1)C(=O)COc1ccccc1C. The van der Waals surface area contributed by atoms with Gasteiger partial charge in [0, 0.05) is 12.1 Å². The van der Waals surface area contributed by atoms with Crippen LogP contribution in [0, 0.1) is 13.8 Å². The van der Waals surface area contributed by atoms with Crippen molar-refractivity contribution in [2.75, 3.05) is 13.2 Å². The molecule has 0 radical (unpaired) electrons. The quantitative estimate of drug-likeness (QED) is 0.637. The van der Waals surface area contributed by atoms with Crippen LogP contribution < -0.4 is 4.74 Å². The van der Waals surface area contributed by atoms with Gasteiger partial charge in [-0.15, -0.1) is 0 Å². The molecule has 0 aliphatic rings. The van der Waals surface area contributed by atoms with Crippen molar-refractivity contribution in [3.63, 3.8) is 0 Å². The van der Waals surface area contributed by atoms with Crippen molar-refractivity contribution in [1.29, 1.82) is 0 Å². The molecule has 1 amide bonds. The van der Waals surface area contributed by atoms with Crippen molar-refractivity contribution in [1.82, 2.24) is 15.0 Å². The normalized spacial score (nSPS) is 10.6. The number of carbonyl (C=O) groups excluding carboxylic acids is 1. The first-order chi connectivity index (χ1) is 13.1. The summed E-state index contributed by atoms with van der Waals surface area (Å²) in [6, 6.07) is 15.5. The van der Waals surface area contributed by atoms with Crippen LogP contribution in [0.5, 0.6) is 5.75 Å². The largest absolute Gasteiger partial charge is 0.484 e. The minimum absolute atomic E-state index is 0.0301. The Kier molecular flexibility index (Phi) is 5.86. The average Bonchev–Trinajstić information content (AvgIpc) is 3.14.